The first-order valence-corrected chi connectivity index (χ1v) is 9.01. The van der Waals surface area contributed by atoms with E-state index in [1.165, 1.54) is 12.7 Å². The first-order chi connectivity index (χ1) is 13.5. The molecule has 0 aliphatic carbocycles. The van der Waals surface area contributed by atoms with E-state index in [4.69, 9.17) is 4.74 Å². The van der Waals surface area contributed by atoms with Gasteiger partial charge in [-0.15, -0.1) is 0 Å². The molecule has 0 amide bonds. The molecule has 0 atom stereocenters. The zero-order valence-corrected chi connectivity index (χ0v) is 16.5. The van der Waals surface area contributed by atoms with Crippen molar-refractivity contribution in [3.63, 3.8) is 0 Å². The van der Waals surface area contributed by atoms with Crippen molar-refractivity contribution in [1.29, 1.82) is 0 Å². The smallest absolute Gasteiger partial charge is 0.337 e. The minimum atomic E-state index is -0.357. The first kappa shape index (κ1) is 19.3. The average molecular weight is 373 g/mol. The second kappa shape index (κ2) is 8.48. The number of aromatic amines is 1. The van der Waals surface area contributed by atoms with Crippen LogP contribution in [0.4, 0.5) is 11.4 Å². The maximum atomic E-state index is 11.5. The molecule has 0 radical (unpaired) electrons. The SMILES string of the molecule is COC(=O)c1ccc(N=C(C)c2ccc(C(C)=Nc3ccc(C)cc3)[nH]2)cc1. The number of benzene rings is 2. The number of carbonyl (C=O) groups is 1. The number of H-pyrrole nitrogens is 1. The Hall–Kier alpha value is -3.47. The maximum absolute atomic E-state index is 11.5. The third-order valence-corrected chi connectivity index (χ3v) is 4.38. The zero-order chi connectivity index (χ0) is 20.1. The number of hydrogen-bond acceptors (Lipinski definition) is 4. The predicted molar refractivity (Wildman–Crippen MR) is 113 cm³/mol. The number of rotatable bonds is 5. The number of esters is 1. The van der Waals surface area contributed by atoms with Crippen molar-refractivity contribution in [2.24, 2.45) is 9.98 Å². The van der Waals surface area contributed by atoms with Crippen molar-refractivity contribution in [2.45, 2.75) is 20.8 Å². The number of nitrogens with zero attached hydrogens (tertiary/aromatic N) is 2. The summed E-state index contributed by atoms with van der Waals surface area (Å²) in [6.07, 6.45) is 0. The summed E-state index contributed by atoms with van der Waals surface area (Å²) in [6, 6.07) is 19.1. The molecule has 0 aliphatic heterocycles. The Morgan fingerprint density at radius 2 is 1.25 bits per heavy atom. The molecule has 0 saturated carbocycles. The molecule has 1 N–H and O–H groups in total. The molecule has 28 heavy (non-hydrogen) atoms. The van der Waals surface area contributed by atoms with Crippen LogP contribution in [-0.2, 0) is 4.74 Å². The van der Waals surface area contributed by atoms with Gasteiger partial charge in [-0.25, -0.2) is 4.79 Å². The van der Waals surface area contributed by atoms with Gasteiger partial charge >= 0.3 is 5.97 Å². The number of aliphatic imine (C=N–C) groups is 2. The van der Waals surface area contributed by atoms with Gasteiger partial charge in [-0.1, -0.05) is 17.7 Å². The lowest BCUT2D eigenvalue weighted by Gasteiger charge is -2.02. The van der Waals surface area contributed by atoms with Crippen LogP contribution in [0.15, 0.2) is 70.6 Å². The van der Waals surface area contributed by atoms with Crippen molar-refractivity contribution in [2.75, 3.05) is 7.11 Å². The fourth-order valence-corrected chi connectivity index (χ4v) is 2.73. The second-order valence-electron chi connectivity index (χ2n) is 6.55. The quantitative estimate of drug-likeness (QED) is 0.481. The van der Waals surface area contributed by atoms with E-state index in [1.807, 2.05) is 38.1 Å². The van der Waals surface area contributed by atoms with Crippen molar-refractivity contribution in [1.82, 2.24) is 4.98 Å². The van der Waals surface area contributed by atoms with E-state index in [2.05, 4.69) is 34.0 Å². The summed E-state index contributed by atoms with van der Waals surface area (Å²) in [5, 5.41) is 0. The number of methoxy groups -OCH3 is 1. The summed E-state index contributed by atoms with van der Waals surface area (Å²) >= 11 is 0. The van der Waals surface area contributed by atoms with Crippen LogP contribution < -0.4 is 0 Å². The predicted octanol–water partition coefficient (Wildman–Crippen LogP) is 5.39. The van der Waals surface area contributed by atoms with Crippen LogP contribution in [0.25, 0.3) is 0 Å². The van der Waals surface area contributed by atoms with Gasteiger partial charge in [0.2, 0.25) is 0 Å². The lowest BCUT2D eigenvalue weighted by atomic mass is 10.2. The van der Waals surface area contributed by atoms with Crippen LogP contribution in [0, 0.1) is 6.92 Å². The van der Waals surface area contributed by atoms with Crippen LogP contribution in [0.5, 0.6) is 0 Å². The van der Waals surface area contributed by atoms with Gasteiger partial charge in [0.15, 0.2) is 0 Å². The van der Waals surface area contributed by atoms with Gasteiger partial charge in [0.05, 0.1) is 46.9 Å². The highest BCUT2D eigenvalue weighted by Crippen LogP contribution is 2.17. The highest BCUT2D eigenvalue weighted by Gasteiger charge is 2.07. The monoisotopic (exact) mass is 373 g/mol. The van der Waals surface area contributed by atoms with Gasteiger partial charge < -0.3 is 9.72 Å². The number of hydrogen-bond donors (Lipinski definition) is 1. The largest absolute Gasteiger partial charge is 0.465 e. The van der Waals surface area contributed by atoms with Crippen LogP contribution in [0.1, 0.15) is 41.2 Å². The summed E-state index contributed by atoms with van der Waals surface area (Å²) in [5.41, 5.74) is 7.04. The summed E-state index contributed by atoms with van der Waals surface area (Å²) in [6.45, 7) is 5.98. The Kier molecular flexibility index (Phi) is 5.84. The molecular weight excluding hydrogens is 350 g/mol. The van der Waals surface area contributed by atoms with Gasteiger partial charge in [0, 0.05) is 0 Å². The Morgan fingerprint density at radius 3 is 1.71 bits per heavy atom. The topological polar surface area (TPSA) is 66.8 Å². The molecular formula is C23H23N3O2. The average Bonchev–Trinajstić information content (AvgIpc) is 3.20. The second-order valence-corrected chi connectivity index (χ2v) is 6.55. The molecule has 142 valence electrons. The molecule has 0 unspecified atom stereocenters. The van der Waals surface area contributed by atoms with Crippen LogP contribution in [0.2, 0.25) is 0 Å². The third-order valence-electron chi connectivity index (χ3n) is 4.38. The van der Waals surface area contributed by atoms with E-state index in [1.54, 1.807) is 24.3 Å². The molecule has 0 fully saturated rings. The molecule has 0 spiro atoms. The summed E-state index contributed by atoms with van der Waals surface area (Å²) in [4.78, 5) is 24.2. The van der Waals surface area contributed by atoms with E-state index in [9.17, 15) is 4.79 Å². The first-order valence-electron chi connectivity index (χ1n) is 9.01. The Labute approximate surface area is 164 Å². The summed E-state index contributed by atoms with van der Waals surface area (Å²) in [7, 11) is 1.37. The molecule has 3 rings (SSSR count). The van der Waals surface area contributed by atoms with Crippen molar-refractivity contribution in [3.05, 3.63) is 83.2 Å². The van der Waals surface area contributed by atoms with Crippen LogP contribution in [0.3, 0.4) is 0 Å². The van der Waals surface area contributed by atoms with E-state index >= 15 is 0 Å². The highest BCUT2D eigenvalue weighted by atomic mass is 16.5. The molecule has 0 aliphatic rings. The van der Waals surface area contributed by atoms with Crippen LogP contribution in [-0.4, -0.2) is 29.5 Å². The Balaban J connectivity index is 1.77. The minimum absolute atomic E-state index is 0.357. The molecule has 3 aromatic rings. The number of nitrogens with one attached hydrogen (secondary N) is 1. The van der Waals surface area contributed by atoms with Crippen molar-refractivity contribution in [3.8, 4) is 0 Å². The van der Waals surface area contributed by atoms with Gasteiger partial charge in [0.1, 0.15) is 0 Å². The maximum Gasteiger partial charge on any atom is 0.337 e. The fourth-order valence-electron chi connectivity index (χ4n) is 2.73. The molecule has 1 aromatic heterocycles. The highest BCUT2D eigenvalue weighted by molar-refractivity contribution is 6.03. The normalized spacial score (nSPS) is 12.1. The number of carbonyl (C=O) groups excluding carboxylic acids is 1. The Morgan fingerprint density at radius 1 is 0.786 bits per heavy atom. The zero-order valence-electron chi connectivity index (χ0n) is 16.5. The van der Waals surface area contributed by atoms with E-state index in [0.29, 0.717) is 5.56 Å². The van der Waals surface area contributed by atoms with E-state index < -0.39 is 0 Å². The number of ether oxygens (including phenoxy) is 1. The van der Waals surface area contributed by atoms with Gasteiger partial charge in [-0.05, 0) is 69.3 Å². The molecule has 5 nitrogen and oxygen atoms in total. The van der Waals surface area contributed by atoms with Gasteiger partial charge in [0.25, 0.3) is 0 Å². The van der Waals surface area contributed by atoms with E-state index in [0.717, 1.165) is 34.2 Å². The molecule has 1 heterocycles. The number of aromatic nitrogens is 1. The van der Waals surface area contributed by atoms with Crippen LogP contribution >= 0.6 is 0 Å². The summed E-state index contributed by atoms with van der Waals surface area (Å²) < 4.78 is 4.71. The molecule has 0 saturated heterocycles. The number of aryl methyl sites for hydroxylation is 1. The van der Waals surface area contributed by atoms with Gasteiger partial charge in [-0.2, -0.15) is 0 Å². The third kappa shape index (κ3) is 4.62. The molecule has 0 bridgehead atoms. The minimum Gasteiger partial charge on any atom is -0.465 e. The molecule has 2 aromatic carbocycles. The lowest BCUT2D eigenvalue weighted by molar-refractivity contribution is 0.0601. The summed E-state index contributed by atoms with van der Waals surface area (Å²) in [5.74, 6) is -0.357. The Bertz CT molecular complexity index is 1030. The fraction of sp³-hybridized carbons (Fsp3) is 0.174. The van der Waals surface area contributed by atoms with Gasteiger partial charge in [-0.3, -0.25) is 9.98 Å². The van der Waals surface area contributed by atoms with E-state index in [-0.39, 0.29) is 5.97 Å². The lowest BCUT2D eigenvalue weighted by Crippen LogP contribution is -2.00. The standard InChI is InChI=1S/C23H23N3O2/c1-15-5-9-19(10-6-15)24-16(2)21-13-14-22(26-21)17(3)25-20-11-7-18(8-12-20)23(27)28-4/h5-14,26H,1-4H3. The van der Waals surface area contributed by atoms with Crippen molar-refractivity contribution >= 4 is 28.8 Å². The van der Waals surface area contributed by atoms with Crippen molar-refractivity contribution < 1.29 is 9.53 Å². The molecule has 5 heteroatoms.